The van der Waals surface area contributed by atoms with Gasteiger partial charge in [-0.15, -0.1) is 0 Å². The zero-order valence-corrected chi connectivity index (χ0v) is 17.8. The van der Waals surface area contributed by atoms with E-state index in [0.29, 0.717) is 34.7 Å². The second-order valence-electron chi connectivity index (χ2n) is 5.44. The number of esters is 1. The highest BCUT2D eigenvalue weighted by Crippen LogP contribution is 2.38. The monoisotopic (exact) mass is 457 g/mol. The second kappa shape index (κ2) is 9.27. The highest BCUT2D eigenvalue weighted by Gasteiger charge is 2.41. The molecular formula is C18H20BrNO6S. The number of imide groups is 1. The first kappa shape index (κ1) is 21.3. The Morgan fingerprint density at radius 3 is 2.44 bits per heavy atom. The van der Waals surface area contributed by atoms with Crippen LogP contribution in [0.3, 0.4) is 0 Å². The molecule has 1 atom stereocenters. The molecular weight excluding hydrogens is 438 g/mol. The summed E-state index contributed by atoms with van der Waals surface area (Å²) >= 11 is 4.20. The van der Waals surface area contributed by atoms with Crippen molar-refractivity contribution in [2.45, 2.75) is 26.8 Å². The molecule has 1 aliphatic rings. The van der Waals surface area contributed by atoms with Crippen LogP contribution < -0.4 is 9.47 Å². The zero-order valence-electron chi connectivity index (χ0n) is 15.4. The smallest absolute Gasteiger partial charge is 0.328 e. The van der Waals surface area contributed by atoms with Crippen LogP contribution in [0.5, 0.6) is 11.5 Å². The van der Waals surface area contributed by atoms with Gasteiger partial charge in [-0.3, -0.25) is 14.5 Å². The van der Waals surface area contributed by atoms with Crippen molar-refractivity contribution < 1.29 is 28.6 Å². The first-order chi connectivity index (χ1) is 12.8. The molecule has 1 unspecified atom stereocenters. The molecule has 1 saturated heterocycles. The third kappa shape index (κ3) is 4.65. The number of ether oxygens (including phenoxy) is 3. The second-order valence-corrected chi connectivity index (χ2v) is 7.28. The van der Waals surface area contributed by atoms with Crippen LogP contribution in [0.2, 0.25) is 0 Å². The Balaban J connectivity index is 2.40. The topological polar surface area (TPSA) is 82.1 Å². The van der Waals surface area contributed by atoms with E-state index < -0.39 is 23.2 Å². The average Bonchev–Trinajstić information content (AvgIpc) is 2.91. The van der Waals surface area contributed by atoms with Gasteiger partial charge in [0.25, 0.3) is 11.1 Å². The molecule has 0 aliphatic carbocycles. The van der Waals surface area contributed by atoms with Gasteiger partial charge in [0.15, 0.2) is 0 Å². The van der Waals surface area contributed by atoms with E-state index in [4.69, 9.17) is 9.47 Å². The standard InChI is InChI=1S/C18H20BrNO6S/c1-5-25-13-9-14(26-6-2)12(19)7-11(13)8-15-16(21)20(18(23)27-15)10(3)17(22)24-4/h7-10H,5-6H2,1-4H3/b15-8-. The number of nitrogens with zero attached hydrogens (tertiary/aromatic N) is 1. The number of hydrogen-bond donors (Lipinski definition) is 0. The molecule has 146 valence electrons. The van der Waals surface area contributed by atoms with Crippen molar-refractivity contribution in [3.8, 4) is 11.5 Å². The van der Waals surface area contributed by atoms with E-state index in [9.17, 15) is 14.4 Å². The third-order valence-electron chi connectivity index (χ3n) is 3.70. The van der Waals surface area contributed by atoms with Crippen LogP contribution in [0.15, 0.2) is 21.5 Å². The van der Waals surface area contributed by atoms with Crippen molar-refractivity contribution >= 4 is 50.9 Å². The highest BCUT2D eigenvalue weighted by molar-refractivity contribution is 9.10. The number of halogens is 1. The summed E-state index contributed by atoms with van der Waals surface area (Å²) in [6, 6.07) is 2.49. The maximum absolute atomic E-state index is 12.6. The molecule has 0 saturated carbocycles. The van der Waals surface area contributed by atoms with Crippen molar-refractivity contribution in [3.63, 3.8) is 0 Å². The Morgan fingerprint density at radius 2 is 1.85 bits per heavy atom. The van der Waals surface area contributed by atoms with Crippen LogP contribution in [0, 0.1) is 0 Å². The molecule has 0 N–H and O–H groups in total. The molecule has 0 radical (unpaired) electrons. The maximum atomic E-state index is 12.6. The van der Waals surface area contributed by atoms with Gasteiger partial charge >= 0.3 is 5.97 Å². The Kier molecular flexibility index (Phi) is 7.32. The average molecular weight is 458 g/mol. The fourth-order valence-electron chi connectivity index (χ4n) is 2.44. The van der Waals surface area contributed by atoms with Gasteiger partial charge in [0.1, 0.15) is 17.5 Å². The number of amides is 2. The third-order valence-corrected chi connectivity index (χ3v) is 5.21. The number of benzene rings is 1. The number of carbonyl (C=O) groups excluding carboxylic acids is 3. The Labute approximate surface area is 170 Å². The van der Waals surface area contributed by atoms with E-state index in [1.54, 1.807) is 18.2 Å². The molecule has 1 aromatic carbocycles. The van der Waals surface area contributed by atoms with Crippen molar-refractivity contribution in [1.29, 1.82) is 0 Å². The number of methoxy groups -OCH3 is 1. The maximum Gasteiger partial charge on any atom is 0.328 e. The van der Waals surface area contributed by atoms with Crippen LogP contribution in [-0.2, 0) is 14.3 Å². The molecule has 9 heteroatoms. The molecule has 7 nitrogen and oxygen atoms in total. The molecule has 2 rings (SSSR count). The van der Waals surface area contributed by atoms with E-state index in [1.165, 1.54) is 14.0 Å². The van der Waals surface area contributed by atoms with E-state index in [0.717, 1.165) is 16.7 Å². The first-order valence-electron chi connectivity index (χ1n) is 8.28. The minimum atomic E-state index is -0.994. The largest absolute Gasteiger partial charge is 0.493 e. The van der Waals surface area contributed by atoms with Gasteiger partial charge in [0, 0.05) is 11.6 Å². The zero-order chi connectivity index (χ0) is 20.1. The van der Waals surface area contributed by atoms with E-state index >= 15 is 0 Å². The summed E-state index contributed by atoms with van der Waals surface area (Å²) in [7, 11) is 1.21. The summed E-state index contributed by atoms with van der Waals surface area (Å²) in [6.07, 6.45) is 1.57. The molecule has 0 aromatic heterocycles. The van der Waals surface area contributed by atoms with Crippen LogP contribution in [0.1, 0.15) is 26.3 Å². The molecule has 0 bridgehead atoms. The van der Waals surface area contributed by atoms with Crippen molar-refractivity contribution in [3.05, 3.63) is 27.1 Å². The summed E-state index contributed by atoms with van der Waals surface area (Å²) in [5, 5.41) is -0.521. The van der Waals surface area contributed by atoms with Crippen molar-refractivity contribution in [1.82, 2.24) is 4.90 Å². The van der Waals surface area contributed by atoms with Crippen molar-refractivity contribution in [2.24, 2.45) is 0 Å². The lowest BCUT2D eigenvalue weighted by Crippen LogP contribution is -2.42. The van der Waals surface area contributed by atoms with Gasteiger partial charge < -0.3 is 14.2 Å². The molecule has 1 aromatic rings. The molecule has 1 fully saturated rings. The summed E-state index contributed by atoms with van der Waals surface area (Å²) < 4.78 is 16.5. The molecule has 27 heavy (non-hydrogen) atoms. The molecule has 2 amide bonds. The Hall–Kier alpha value is -2.00. The van der Waals surface area contributed by atoms with Gasteiger partial charge in [-0.2, -0.15) is 0 Å². The number of rotatable bonds is 7. The van der Waals surface area contributed by atoms with Gasteiger partial charge in [0.2, 0.25) is 0 Å². The lowest BCUT2D eigenvalue weighted by Gasteiger charge is -2.18. The van der Waals surface area contributed by atoms with E-state index in [-0.39, 0.29) is 4.91 Å². The number of carbonyl (C=O) groups is 3. The molecule has 1 aliphatic heterocycles. The van der Waals surface area contributed by atoms with Crippen LogP contribution in [0.25, 0.3) is 6.08 Å². The van der Waals surface area contributed by atoms with Gasteiger partial charge in [-0.1, -0.05) is 0 Å². The fraction of sp³-hybridized carbons (Fsp3) is 0.389. The van der Waals surface area contributed by atoms with E-state index in [1.807, 2.05) is 13.8 Å². The Bertz CT molecular complexity index is 794. The predicted molar refractivity (Wildman–Crippen MR) is 106 cm³/mol. The summed E-state index contributed by atoms with van der Waals surface area (Å²) in [6.45, 7) is 6.09. The van der Waals surface area contributed by atoms with Gasteiger partial charge in [0.05, 0.1) is 29.7 Å². The predicted octanol–water partition coefficient (Wildman–Crippen LogP) is 3.84. The minimum Gasteiger partial charge on any atom is -0.493 e. The molecule has 1 heterocycles. The number of hydrogen-bond acceptors (Lipinski definition) is 7. The minimum absolute atomic E-state index is 0.202. The highest BCUT2D eigenvalue weighted by atomic mass is 79.9. The van der Waals surface area contributed by atoms with Crippen molar-refractivity contribution in [2.75, 3.05) is 20.3 Å². The summed E-state index contributed by atoms with van der Waals surface area (Å²) in [5.41, 5.74) is 0.614. The lowest BCUT2D eigenvalue weighted by molar-refractivity contribution is -0.148. The SMILES string of the molecule is CCOc1cc(OCC)c(/C=C2\SC(=O)N(C(C)C(=O)OC)C2=O)cc1Br. The fourth-order valence-corrected chi connectivity index (χ4v) is 3.82. The number of thioether (sulfide) groups is 1. The quantitative estimate of drug-likeness (QED) is 0.454. The summed E-state index contributed by atoms with van der Waals surface area (Å²) in [4.78, 5) is 37.7. The summed E-state index contributed by atoms with van der Waals surface area (Å²) in [5.74, 6) is -0.0600. The first-order valence-corrected chi connectivity index (χ1v) is 9.88. The van der Waals surface area contributed by atoms with Crippen LogP contribution >= 0.6 is 27.7 Å². The van der Waals surface area contributed by atoms with Gasteiger partial charge in [-0.05, 0) is 60.6 Å². The molecule has 0 spiro atoms. The normalized spacial score (nSPS) is 16.6. The van der Waals surface area contributed by atoms with Gasteiger partial charge in [-0.25, -0.2) is 4.79 Å². The Morgan fingerprint density at radius 1 is 1.22 bits per heavy atom. The van der Waals surface area contributed by atoms with Crippen LogP contribution in [0.4, 0.5) is 4.79 Å². The van der Waals surface area contributed by atoms with E-state index in [2.05, 4.69) is 20.7 Å². The van der Waals surface area contributed by atoms with Crippen LogP contribution in [-0.4, -0.2) is 48.4 Å². The lowest BCUT2D eigenvalue weighted by atomic mass is 10.1.